The molecule has 1 aromatic heterocycles. The predicted molar refractivity (Wildman–Crippen MR) is 107 cm³/mol. The third-order valence-corrected chi connectivity index (χ3v) is 5.10. The molecule has 1 saturated heterocycles. The number of aromatic nitrogens is 1. The van der Waals surface area contributed by atoms with Crippen LogP contribution in [0.3, 0.4) is 0 Å². The van der Waals surface area contributed by atoms with E-state index in [2.05, 4.69) is 36.5 Å². The van der Waals surface area contributed by atoms with Crippen molar-refractivity contribution in [2.75, 3.05) is 24.5 Å². The van der Waals surface area contributed by atoms with Crippen LogP contribution in [0.2, 0.25) is 0 Å². The highest BCUT2D eigenvalue weighted by Gasteiger charge is 2.25. The van der Waals surface area contributed by atoms with Crippen LogP contribution in [0, 0.1) is 11.6 Å². The first-order valence-electron chi connectivity index (χ1n) is 8.91. The first-order valence-corrected chi connectivity index (χ1v) is 9.70. The van der Waals surface area contributed by atoms with Crippen LogP contribution in [0.1, 0.15) is 18.9 Å². The van der Waals surface area contributed by atoms with E-state index in [4.69, 9.17) is 0 Å². The van der Waals surface area contributed by atoms with E-state index in [1.165, 1.54) is 18.2 Å². The number of guanidine groups is 1. The lowest BCUT2D eigenvalue weighted by Gasteiger charge is -2.20. The molecular weight excluding hydrogens is 416 g/mol. The first kappa shape index (κ1) is 19.5. The normalized spacial score (nSPS) is 17.3. The second-order valence-electron chi connectivity index (χ2n) is 6.32. The van der Waals surface area contributed by atoms with Gasteiger partial charge in [-0.05, 0) is 49.2 Å². The molecule has 0 bridgehead atoms. The molecule has 0 amide bonds. The van der Waals surface area contributed by atoms with Crippen LogP contribution in [0.15, 0.2) is 46.0 Å². The van der Waals surface area contributed by atoms with Gasteiger partial charge in [-0.15, -0.1) is 0 Å². The lowest BCUT2D eigenvalue weighted by molar-refractivity contribution is 0.612. The lowest BCUT2D eigenvalue weighted by Crippen LogP contribution is -2.44. The van der Waals surface area contributed by atoms with Crippen molar-refractivity contribution in [1.82, 2.24) is 15.6 Å². The van der Waals surface area contributed by atoms with Crippen molar-refractivity contribution in [3.63, 3.8) is 0 Å². The molecule has 2 heterocycles. The van der Waals surface area contributed by atoms with Gasteiger partial charge in [-0.3, -0.25) is 0 Å². The summed E-state index contributed by atoms with van der Waals surface area (Å²) in [5.41, 5.74) is 0.774. The number of anilines is 1. The maximum absolute atomic E-state index is 13.9. The molecule has 144 valence electrons. The standard InChI is InChI=1S/C19H22BrF2N5/c1-2-23-19(25-11-13-10-14(21)5-6-16(13)20)26-15-7-9-27(12-15)18-17(22)4-3-8-24-18/h3-6,8,10,15H,2,7,9,11-12H2,1H3,(H2,23,25,26). The maximum Gasteiger partial charge on any atom is 0.191 e. The molecule has 1 aliphatic rings. The Hall–Kier alpha value is -2.22. The van der Waals surface area contributed by atoms with Gasteiger partial charge < -0.3 is 15.5 Å². The summed E-state index contributed by atoms with van der Waals surface area (Å²) >= 11 is 3.42. The second-order valence-corrected chi connectivity index (χ2v) is 7.17. The Morgan fingerprint density at radius 1 is 1.37 bits per heavy atom. The second kappa shape index (κ2) is 9.12. The van der Waals surface area contributed by atoms with Gasteiger partial charge >= 0.3 is 0 Å². The molecule has 3 rings (SSSR count). The number of nitrogens with one attached hydrogen (secondary N) is 2. The maximum atomic E-state index is 13.9. The van der Waals surface area contributed by atoms with Crippen molar-refractivity contribution in [3.8, 4) is 0 Å². The van der Waals surface area contributed by atoms with Crippen molar-refractivity contribution in [1.29, 1.82) is 0 Å². The average molecular weight is 438 g/mol. The van der Waals surface area contributed by atoms with Crippen LogP contribution in [0.5, 0.6) is 0 Å². The number of hydrogen-bond donors (Lipinski definition) is 2. The molecule has 1 unspecified atom stereocenters. The highest BCUT2D eigenvalue weighted by atomic mass is 79.9. The SMILES string of the molecule is CCNC(=NCc1cc(F)ccc1Br)NC1CCN(c2ncccc2F)C1. The molecule has 27 heavy (non-hydrogen) atoms. The molecule has 2 N–H and O–H groups in total. The van der Waals surface area contributed by atoms with E-state index in [-0.39, 0.29) is 17.7 Å². The van der Waals surface area contributed by atoms with Crippen LogP contribution in [-0.2, 0) is 6.54 Å². The van der Waals surface area contributed by atoms with Crippen molar-refractivity contribution in [3.05, 3.63) is 58.2 Å². The highest BCUT2D eigenvalue weighted by Crippen LogP contribution is 2.21. The first-order chi connectivity index (χ1) is 13.1. The zero-order valence-corrected chi connectivity index (χ0v) is 16.6. The quantitative estimate of drug-likeness (QED) is 0.555. The number of pyridine rings is 1. The van der Waals surface area contributed by atoms with E-state index in [1.807, 2.05) is 11.8 Å². The van der Waals surface area contributed by atoms with Gasteiger partial charge in [-0.2, -0.15) is 0 Å². The van der Waals surface area contributed by atoms with Gasteiger partial charge in [-0.1, -0.05) is 15.9 Å². The molecule has 0 spiro atoms. The molecule has 8 heteroatoms. The summed E-state index contributed by atoms with van der Waals surface area (Å²) in [7, 11) is 0. The van der Waals surface area contributed by atoms with Crippen LogP contribution in [0.25, 0.3) is 0 Å². The van der Waals surface area contributed by atoms with Gasteiger partial charge in [0, 0.05) is 36.3 Å². The van der Waals surface area contributed by atoms with E-state index in [0.29, 0.717) is 31.4 Å². The Labute approximate surface area is 166 Å². The summed E-state index contributed by atoms with van der Waals surface area (Å²) in [4.78, 5) is 10.6. The predicted octanol–water partition coefficient (Wildman–Crippen LogP) is 3.46. The van der Waals surface area contributed by atoms with Crippen LogP contribution < -0.4 is 15.5 Å². The Balaban J connectivity index is 1.64. The van der Waals surface area contributed by atoms with Crippen LogP contribution in [-0.4, -0.2) is 36.6 Å². The van der Waals surface area contributed by atoms with Gasteiger partial charge in [0.25, 0.3) is 0 Å². The monoisotopic (exact) mass is 437 g/mol. The number of rotatable bonds is 5. The lowest BCUT2D eigenvalue weighted by atomic mass is 10.2. The van der Waals surface area contributed by atoms with Gasteiger partial charge in [0.1, 0.15) is 5.82 Å². The van der Waals surface area contributed by atoms with E-state index in [9.17, 15) is 8.78 Å². The topological polar surface area (TPSA) is 52.6 Å². The van der Waals surface area contributed by atoms with E-state index < -0.39 is 0 Å². The minimum atomic E-state index is -0.310. The molecule has 1 aliphatic heterocycles. The van der Waals surface area contributed by atoms with E-state index >= 15 is 0 Å². The number of aliphatic imine (C=N–C) groups is 1. The zero-order valence-electron chi connectivity index (χ0n) is 15.1. The summed E-state index contributed by atoms with van der Waals surface area (Å²) in [6.07, 6.45) is 2.45. The fraction of sp³-hybridized carbons (Fsp3) is 0.368. The molecule has 1 fully saturated rings. The van der Waals surface area contributed by atoms with Crippen molar-refractivity contribution >= 4 is 27.7 Å². The number of nitrogens with zero attached hydrogens (tertiary/aromatic N) is 3. The van der Waals surface area contributed by atoms with Gasteiger partial charge in [0.15, 0.2) is 17.6 Å². The largest absolute Gasteiger partial charge is 0.357 e. The molecule has 0 radical (unpaired) electrons. The van der Waals surface area contributed by atoms with Crippen LogP contribution in [0.4, 0.5) is 14.6 Å². The van der Waals surface area contributed by atoms with Crippen molar-refractivity contribution < 1.29 is 8.78 Å². The number of hydrogen-bond acceptors (Lipinski definition) is 3. The third-order valence-electron chi connectivity index (χ3n) is 4.33. The Morgan fingerprint density at radius 3 is 3.00 bits per heavy atom. The summed E-state index contributed by atoms with van der Waals surface area (Å²) in [6, 6.07) is 7.69. The van der Waals surface area contributed by atoms with Gasteiger partial charge in [0.2, 0.25) is 0 Å². The fourth-order valence-electron chi connectivity index (χ4n) is 3.02. The Bertz CT molecular complexity index is 814. The summed E-state index contributed by atoms with van der Waals surface area (Å²) in [5.74, 6) is 0.439. The highest BCUT2D eigenvalue weighted by molar-refractivity contribution is 9.10. The van der Waals surface area contributed by atoms with Crippen LogP contribution >= 0.6 is 15.9 Å². The minimum Gasteiger partial charge on any atom is -0.357 e. The Morgan fingerprint density at radius 2 is 2.22 bits per heavy atom. The smallest absolute Gasteiger partial charge is 0.191 e. The summed E-state index contributed by atoms with van der Waals surface area (Å²) in [5, 5.41) is 6.58. The molecular formula is C19H22BrF2N5. The summed E-state index contributed by atoms with van der Waals surface area (Å²) in [6.45, 7) is 4.41. The number of benzene rings is 1. The van der Waals surface area contributed by atoms with E-state index in [0.717, 1.165) is 23.0 Å². The third kappa shape index (κ3) is 5.15. The van der Waals surface area contributed by atoms with E-state index in [1.54, 1.807) is 18.3 Å². The molecule has 1 atom stereocenters. The average Bonchev–Trinajstić information content (AvgIpc) is 3.11. The van der Waals surface area contributed by atoms with Gasteiger partial charge in [-0.25, -0.2) is 18.8 Å². The van der Waals surface area contributed by atoms with Crippen molar-refractivity contribution in [2.45, 2.75) is 25.9 Å². The Kier molecular flexibility index (Phi) is 6.60. The minimum absolute atomic E-state index is 0.125. The van der Waals surface area contributed by atoms with Crippen molar-refractivity contribution in [2.24, 2.45) is 4.99 Å². The van der Waals surface area contributed by atoms with Gasteiger partial charge in [0.05, 0.1) is 6.54 Å². The number of halogens is 3. The molecule has 5 nitrogen and oxygen atoms in total. The molecule has 2 aromatic rings. The fourth-order valence-corrected chi connectivity index (χ4v) is 3.39. The molecule has 1 aromatic carbocycles. The molecule has 0 saturated carbocycles. The zero-order chi connectivity index (χ0) is 19.2. The summed E-state index contributed by atoms with van der Waals surface area (Å²) < 4.78 is 28.2. The molecule has 0 aliphatic carbocycles.